The summed E-state index contributed by atoms with van der Waals surface area (Å²) in [6.45, 7) is 2.28. The number of nitrogens with zero attached hydrogens (tertiary/aromatic N) is 2. The van der Waals surface area contributed by atoms with Crippen molar-refractivity contribution in [2.45, 2.75) is 18.3 Å². The molecule has 6 nitrogen and oxygen atoms in total. The molecule has 128 valence electrons. The maximum absolute atomic E-state index is 12.1. The molecule has 1 aliphatic rings. The summed E-state index contributed by atoms with van der Waals surface area (Å²) in [4.78, 5) is 14.0. The van der Waals surface area contributed by atoms with E-state index in [-0.39, 0.29) is 11.5 Å². The average Bonchev–Trinajstić information content (AvgIpc) is 3.28. The van der Waals surface area contributed by atoms with Crippen LogP contribution < -0.4 is 9.47 Å². The molecule has 3 heterocycles. The van der Waals surface area contributed by atoms with Crippen LogP contribution in [-0.2, 0) is 0 Å². The summed E-state index contributed by atoms with van der Waals surface area (Å²) >= 11 is 2.71. The van der Waals surface area contributed by atoms with Gasteiger partial charge in [-0.1, -0.05) is 23.9 Å². The van der Waals surface area contributed by atoms with Gasteiger partial charge in [0, 0.05) is 4.88 Å². The molecule has 0 unspecified atom stereocenters. The van der Waals surface area contributed by atoms with Crippen LogP contribution in [0.5, 0.6) is 11.5 Å². The molecule has 2 aromatic heterocycles. The summed E-state index contributed by atoms with van der Waals surface area (Å²) < 4.78 is 17.1. The lowest BCUT2D eigenvalue weighted by atomic mass is 10.2. The number of thiophene rings is 1. The van der Waals surface area contributed by atoms with E-state index in [1.54, 1.807) is 0 Å². The van der Waals surface area contributed by atoms with E-state index in [9.17, 15) is 4.79 Å². The normalized spacial score (nSPS) is 16.0. The molecule has 1 aliphatic heterocycles. The number of fused-ring (bicyclic) bond motifs is 1. The zero-order valence-electron chi connectivity index (χ0n) is 13.3. The number of ketones is 1. The highest BCUT2D eigenvalue weighted by Gasteiger charge is 2.27. The SMILES string of the molecule is Cc1ccc(C(=O)CSc2nnc([C@@H]3COc4ccccc4O3)o2)s1. The lowest BCUT2D eigenvalue weighted by Crippen LogP contribution is -2.21. The standard InChI is InChI=1S/C17H14N2O4S2/c1-10-6-7-15(25-10)11(20)9-24-17-19-18-16(23-17)14-8-21-12-4-2-3-5-13(12)22-14/h2-7,14H,8-9H2,1H3/t14-/m0/s1. The summed E-state index contributed by atoms with van der Waals surface area (Å²) in [6, 6.07) is 11.2. The average molecular weight is 374 g/mol. The molecule has 0 spiro atoms. The first kappa shape index (κ1) is 16.2. The minimum atomic E-state index is -0.451. The molecule has 0 aliphatic carbocycles. The summed E-state index contributed by atoms with van der Waals surface area (Å²) in [6.07, 6.45) is -0.451. The Labute approximate surface area is 152 Å². The predicted molar refractivity (Wildman–Crippen MR) is 93.7 cm³/mol. The monoisotopic (exact) mass is 374 g/mol. The van der Waals surface area contributed by atoms with Gasteiger partial charge in [0.05, 0.1) is 10.6 Å². The van der Waals surface area contributed by atoms with Gasteiger partial charge in [0.1, 0.15) is 6.61 Å². The van der Waals surface area contributed by atoms with Crippen molar-refractivity contribution in [1.82, 2.24) is 10.2 Å². The van der Waals surface area contributed by atoms with Crippen molar-refractivity contribution < 1.29 is 18.7 Å². The number of Topliss-reactive ketones (excluding diaryl/α,β-unsaturated/α-hetero) is 1. The Bertz CT molecular complexity index is 905. The van der Waals surface area contributed by atoms with Gasteiger partial charge in [-0.3, -0.25) is 4.79 Å². The van der Waals surface area contributed by atoms with Crippen LogP contribution in [0, 0.1) is 6.92 Å². The first-order chi connectivity index (χ1) is 12.2. The molecule has 0 saturated carbocycles. The molecule has 0 fully saturated rings. The number of carbonyl (C=O) groups is 1. The van der Waals surface area contributed by atoms with Gasteiger partial charge in [-0.05, 0) is 31.2 Å². The van der Waals surface area contributed by atoms with Crippen molar-refractivity contribution in [3.05, 3.63) is 52.0 Å². The third kappa shape index (κ3) is 3.54. The van der Waals surface area contributed by atoms with Crippen molar-refractivity contribution in [3.63, 3.8) is 0 Å². The van der Waals surface area contributed by atoms with Crippen LogP contribution in [0.2, 0.25) is 0 Å². The fourth-order valence-corrected chi connectivity index (χ4v) is 3.88. The largest absolute Gasteiger partial charge is 0.485 e. The highest BCUT2D eigenvalue weighted by Crippen LogP contribution is 2.36. The number of para-hydroxylation sites is 2. The minimum Gasteiger partial charge on any atom is -0.485 e. The van der Waals surface area contributed by atoms with Gasteiger partial charge in [-0.2, -0.15) is 0 Å². The third-order valence-corrected chi connectivity index (χ3v) is 5.41. The van der Waals surface area contributed by atoms with Crippen molar-refractivity contribution in [3.8, 4) is 11.5 Å². The smallest absolute Gasteiger partial charge is 0.277 e. The van der Waals surface area contributed by atoms with Gasteiger partial charge in [0.2, 0.25) is 6.10 Å². The van der Waals surface area contributed by atoms with E-state index in [1.165, 1.54) is 23.1 Å². The zero-order chi connectivity index (χ0) is 17.2. The number of hydrogen-bond donors (Lipinski definition) is 0. The molecule has 0 N–H and O–H groups in total. The predicted octanol–water partition coefficient (Wildman–Crippen LogP) is 3.93. The van der Waals surface area contributed by atoms with Gasteiger partial charge in [0.25, 0.3) is 11.1 Å². The Hall–Kier alpha value is -2.32. The van der Waals surface area contributed by atoms with E-state index >= 15 is 0 Å². The highest BCUT2D eigenvalue weighted by atomic mass is 32.2. The Morgan fingerprint density at radius 3 is 2.88 bits per heavy atom. The maximum atomic E-state index is 12.1. The number of hydrogen-bond acceptors (Lipinski definition) is 8. The number of ether oxygens (including phenoxy) is 2. The molecule has 0 amide bonds. The first-order valence-electron chi connectivity index (χ1n) is 7.63. The number of carbonyl (C=O) groups excluding carboxylic acids is 1. The van der Waals surface area contributed by atoms with Crippen molar-refractivity contribution in [2.75, 3.05) is 12.4 Å². The number of thioether (sulfide) groups is 1. The van der Waals surface area contributed by atoms with Crippen molar-refractivity contribution >= 4 is 28.9 Å². The van der Waals surface area contributed by atoms with E-state index in [2.05, 4.69) is 10.2 Å². The molecule has 0 bridgehead atoms. The molecule has 0 radical (unpaired) electrons. The third-order valence-electron chi connectivity index (χ3n) is 3.55. The summed E-state index contributed by atoms with van der Waals surface area (Å²) in [7, 11) is 0. The Balaban J connectivity index is 1.38. The molecular weight excluding hydrogens is 360 g/mol. The van der Waals surface area contributed by atoms with Crippen LogP contribution >= 0.6 is 23.1 Å². The van der Waals surface area contributed by atoms with Crippen LogP contribution in [0.1, 0.15) is 26.5 Å². The first-order valence-corrected chi connectivity index (χ1v) is 9.43. The molecule has 3 aromatic rings. The molecule has 4 rings (SSSR count). The molecular formula is C17H14N2O4S2. The second-order valence-corrected chi connectivity index (χ2v) is 7.61. The second kappa shape index (κ2) is 6.89. The van der Waals surface area contributed by atoms with Crippen molar-refractivity contribution in [2.24, 2.45) is 0 Å². The Morgan fingerprint density at radius 1 is 1.24 bits per heavy atom. The van der Waals surface area contributed by atoms with E-state index < -0.39 is 6.10 Å². The Kier molecular flexibility index (Phi) is 4.46. The fraction of sp³-hybridized carbons (Fsp3) is 0.235. The fourth-order valence-electron chi connectivity index (χ4n) is 2.33. The lowest BCUT2D eigenvalue weighted by molar-refractivity contribution is 0.0686. The van der Waals surface area contributed by atoms with Crippen LogP contribution in [0.15, 0.2) is 46.0 Å². The van der Waals surface area contributed by atoms with Gasteiger partial charge in [-0.25, -0.2) is 0 Å². The van der Waals surface area contributed by atoms with Crippen molar-refractivity contribution in [1.29, 1.82) is 0 Å². The molecule has 1 aromatic carbocycles. The number of aromatic nitrogens is 2. The lowest BCUT2D eigenvalue weighted by Gasteiger charge is -2.23. The quantitative estimate of drug-likeness (QED) is 0.495. The van der Waals surface area contributed by atoms with Gasteiger partial charge in [-0.15, -0.1) is 21.5 Å². The van der Waals surface area contributed by atoms with E-state index in [4.69, 9.17) is 13.9 Å². The molecule has 0 saturated heterocycles. The number of rotatable bonds is 5. The topological polar surface area (TPSA) is 74.5 Å². The summed E-state index contributed by atoms with van der Waals surface area (Å²) in [5.41, 5.74) is 0. The van der Waals surface area contributed by atoms with Crippen LogP contribution in [0.25, 0.3) is 0 Å². The summed E-state index contributed by atoms with van der Waals surface area (Å²) in [5, 5.41) is 8.34. The minimum absolute atomic E-state index is 0.0500. The maximum Gasteiger partial charge on any atom is 0.277 e. The van der Waals surface area contributed by atoms with Crippen LogP contribution in [0.4, 0.5) is 0 Å². The van der Waals surface area contributed by atoms with Crippen LogP contribution in [-0.4, -0.2) is 28.3 Å². The van der Waals surface area contributed by atoms with E-state index in [0.29, 0.717) is 29.2 Å². The van der Waals surface area contributed by atoms with Gasteiger partial charge >= 0.3 is 0 Å². The molecule has 1 atom stereocenters. The second-order valence-electron chi connectivity index (χ2n) is 5.39. The van der Waals surface area contributed by atoms with Crippen LogP contribution in [0.3, 0.4) is 0 Å². The zero-order valence-corrected chi connectivity index (χ0v) is 14.9. The molecule has 25 heavy (non-hydrogen) atoms. The van der Waals surface area contributed by atoms with E-state index in [1.807, 2.05) is 43.3 Å². The van der Waals surface area contributed by atoms with Gasteiger partial charge < -0.3 is 13.9 Å². The highest BCUT2D eigenvalue weighted by molar-refractivity contribution is 7.99. The Morgan fingerprint density at radius 2 is 2.08 bits per heavy atom. The molecule has 8 heteroatoms. The summed E-state index contributed by atoms with van der Waals surface area (Å²) in [5.74, 6) is 2.00. The van der Waals surface area contributed by atoms with E-state index in [0.717, 1.165) is 9.75 Å². The number of aryl methyl sites for hydroxylation is 1. The number of benzene rings is 1. The van der Waals surface area contributed by atoms with Gasteiger partial charge in [0.15, 0.2) is 17.3 Å².